The number of carbonyl (C=O) groups is 1. The first-order chi connectivity index (χ1) is 16.1. The fourth-order valence-corrected chi connectivity index (χ4v) is 5.16. The van der Waals surface area contributed by atoms with Gasteiger partial charge in [0, 0.05) is 37.9 Å². The van der Waals surface area contributed by atoms with E-state index >= 15 is 0 Å². The Bertz CT molecular complexity index is 1220. The lowest BCUT2D eigenvalue weighted by atomic mass is 10.0. The van der Waals surface area contributed by atoms with Crippen molar-refractivity contribution in [2.24, 2.45) is 4.40 Å². The lowest BCUT2D eigenvalue weighted by Gasteiger charge is -2.29. The molecule has 0 aromatic heterocycles. The lowest BCUT2D eigenvalue weighted by Crippen LogP contribution is -2.38. The number of nitrogens with zero attached hydrogens (tertiary/aromatic N) is 3. The molecule has 0 atom stereocenters. The van der Waals surface area contributed by atoms with Crippen LogP contribution in [0.3, 0.4) is 0 Å². The summed E-state index contributed by atoms with van der Waals surface area (Å²) in [5, 5.41) is 2.49. The molecule has 0 unspecified atom stereocenters. The lowest BCUT2D eigenvalue weighted by molar-refractivity contribution is -0.138. The van der Waals surface area contributed by atoms with Gasteiger partial charge >= 0.3 is 6.18 Å². The quantitative estimate of drug-likeness (QED) is 0.683. The number of ether oxygens (including phenoxy) is 1. The number of likely N-dealkylation sites (N-methyl/N-ethyl adjacent to an activating group) is 1. The molecule has 0 bridgehead atoms. The minimum atomic E-state index is -4.59. The molecule has 2 aromatic rings. The van der Waals surface area contributed by atoms with Crippen LogP contribution in [0.25, 0.3) is 0 Å². The number of sulfonamides is 1. The number of hydrogen-bond donors (Lipinski definition) is 1. The van der Waals surface area contributed by atoms with Gasteiger partial charge in [-0.3, -0.25) is 4.79 Å². The maximum atomic E-state index is 13.7. The zero-order chi connectivity index (χ0) is 24.5. The Balaban J connectivity index is 1.45. The van der Waals surface area contributed by atoms with Crippen molar-refractivity contribution < 1.29 is 31.1 Å². The molecule has 1 saturated heterocycles. The second-order valence-electron chi connectivity index (χ2n) is 7.96. The number of morpholine rings is 1. The Hall–Kier alpha value is -3.12. The topological polar surface area (TPSA) is 91.3 Å². The molecule has 0 spiro atoms. The molecule has 2 aliphatic rings. The Morgan fingerprint density at radius 2 is 1.88 bits per heavy atom. The zero-order valence-corrected chi connectivity index (χ0v) is 19.1. The third-order valence-electron chi connectivity index (χ3n) is 5.61. The number of alkyl halides is 3. The van der Waals surface area contributed by atoms with Crippen molar-refractivity contribution in [3.05, 3.63) is 59.2 Å². The van der Waals surface area contributed by atoms with Crippen molar-refractivity contribution in [3.63, 3.8) is 0 Å². The van der Waals surface area contributed by atoms with Gasteiger partial charge in [-0.15, -0.1) is 4.40 Å². The third kappa shape index (κ3) is 5.02. The first kappa shape index (κ1) is 24.0. The summed E-state index contributed by atoms with van der Waals surface area (Å²) in [6.45, 7) is 1.29. The maximum absolute atomic E-state index is 13.7. The average Bonchev–Trinajstić information content (AvgIpc) is 3.09. The van der Waals surface area contributed by atoms with Crippen LogP contribution in [0.4, 0.5) is 18.9 Å². The van der Waals surface area contributed by atoms with Crippen LogP contribution in [0, 0.1) is 0 Å². The molecule has 182 valence electrons. The van der Waals surface area contributed by atoms with Gasteiger partial charge in [0.15, 0.2) is 5.84 Å². The summed E-state index contributed by atoms with van der Waals surface area (Å²) in [4.78, 5) is 15.7. The molecule has 12 heteroatoms. The molecule has 4 rings (SSSR count). The Morgan fingerprint density at radius 3 is 2.59 bits per heavy atom. The summed E-state index contributed by atoms with van der Waals surface area (Å²) in [6.07, 6.45) is -4.59. The molecule has 2 aliphatic heterocycles. The van der Waals surface area contributed by atoms with E-state index in [2.05, 4.69) is 9.71 Å². The second kappa shape index (κ2) is 9.26. The van der Waals surface area contributed by atoms with E-state index < -0.39 is 27.7 Å². The van der Waals surface area contributed by atoms with Gasteiger partial charge in [-0.1, -0.05) is 18.2 Å². The molecule has 0 aliphatic carbocycles. The Labute approximate surface area is 195 Å². The highest BCUT2D eigenvalue weighted by atomic mass is 32.2. The van der Waals surface area contributed by atoms with Crippen LogP contribution in [-0.4, -0.2) is 65.0 Å². The first-order valence-electron chi connectivity index (χ1n) is 10.5. The molecular weight excluding hydrogens is 473 g/mol. The SMILES string of the molecule is CN(CC(=O)NCc1ccc(N2CCOCC2)cc1C(F)(F)F)C1=NS(=O)(=O)c2ccccc21. The van der Waals surface area contributed by atoms with Gasteiger partial charge < -0.3 is 19.9 Å². The maximum Gasteiger partial charge on any atom is 0.416 e. The summed E-state index contributed by atoms with van der Waals surface area (Å²) < 4.78 is 74.5. The van der Waals surface area contributed by atoms with E-state index in [1.807, 2.05) is 4.90 Å². The minimum absolute atomic E-state index is 0.0486. The number of hydrogen-bond acceptors (Lipinski definition) is 6. The highest BCUT2D eigenvalue weighted by Crippen LogP contribution is 2.35. The van der Waals surface area contributed by atoms with Crippen molar-refractivity contribution in [2.45, 2.75) is 17.6 Å². The number of rotatable bonds is 5. The molecule has 1 amide bonds. The van der Waals surface area contributed by atoms with Gasteiger partial charge in [0.2, 0.25) is 5.91 Å². The van der Waals surface area contributed by atoms with Crippen LogP contribution in [0.2, 0.25) is 0 Å². The zero-order valence-electron chi connectivity index (χ0n) is 18.3. The number of anilines is 1. The number of amidine groups is 1. The van der Waals surface area contributed by atoms with E-state index in [4.69, 9.17) is 4.74 Å². The van der Waals surface area contributed by atoms with Gasteiger partial charge in [-0.05, 0) is 29.8 Å². The Morgan fingerprint density at radius 1 is 1.18 bits per heavy atom. The predicted octanol–water partition coefficient (Wildman–Crippen LogP) is 2.24. The molecule has 34 heavy (non-hydrogen) atoms. The van der Waals surface area contributed by atoms with Crippen molar-refractivity contribution in [3.8, 4) is 0 Å². The smallest absolute Gasteiger partial charge is 0.378 e. The van der Waals surface area contributed by atoms with E-state index in [1.54, 1.807) is 24.3 Å². The molecular formula is C22H23F3N4O4S. The summed E-state index contributed by atoms with van der Waals surface area (Å²) in [5.74, 6) is -0.464. The van der Waals surface area contributed by atoms with Crippen LogP contribution in [0.1, 0.15) is 16.7 Å². The summed E-state index contributed by atoms with van der Waals surface area (Å²) in [6, 6.07) is 10.3. The fraction of sp³-hybridized carbons (Fsp3) is 0.364. The highest BCUT2D eigenvalue weighted by Gasteiger charge is 2.34. The van der Waals surface area contributed by atoms with Crippen molar-refractivity contribution in [1.82, 2.24) is 10.2 Å². The van der Waals surface area contributed by atoms with Crippen LogP contribution < -0.4 is 10.2 Å². The van der Waals surface area contributed by atoms with Crippen molar-refractivity contribution in [2.75, 3.05) is 44.8 Å². The molecule has 0 radical (unpaired) electrons. The molecule has 2 aromatic carbocycles. The molecule has 1 N–H and O–H groups in total. The number of nitrogens with one attached hydrogen (secondary N) is 1. The Kier molecular flexibility index (Phi) is 6.54. The number of fused-ring (bicyclic) bond motifs is 1. The normalized spacial score (nSPS) is 17.2. The third-order valence-corrected chi connectivity index (χ3v) is 6.93. The van der Waals surface area contributed by atoms with E-state index in [1.165, 1.54) is 24.1 Å². The van der Waals surface area contributed by atoms with Crippen LogP contribution in [-0.2, 0) is 32.3 Å². The van der Waals surface area contributed by atoms with Crippen LogP contribution in [0.15, 0.2) is 51.8 Å². The molecule has 0 saturated carbocycles. The van der Waals surface area contributed by atoms with Gasteiger partial charge in [-0.25, -0.2) is 0 Å². The van der Waals surface area contributed by atoms with Crippen LogP contribution >= 0.6 is 0 Å². The highest BCUT2D eigenvalue weighted by molar-refractivity contribution is 7.90. The van der Waals surface area contributed by atoms with Gasteiger partial charge in [0.25, 0.3) is 10.0 Å². The number of carbonyl (C=O) groups excluding carboxylic acids is 1. The van der Waals surface area contributed by atoms with E-state index in [0.29, 0.717) is 37.6 Å². The summed E-state index contributed by atoms with van der Waals surface area (Å²) in [5.41, 5.74) is -0.0580. The van der Waals surface area contributed by atoms with Gasteiger partial charge in [-0.2, -0.15) is 21.6 Å². The predicted molar refractivity (Wildman–Crippen MR) is 119 cm³/mol. The van der Waals surface area contributed by atoms with Crippen LogP contribution in [0.5, 0.6) is 0 Å². The number of halogens is 3. The molecule has 2 heterocycles. The molecule has 8 nitrogen and oxygen atoms in total. The van der Waals surface area contributed by atoms with E-state index in [9.17, 15) is 26.4 Å². The second-order valence-corrected chi connectivity index (χ2v) is 9.53. The van der Waals surface area contributed by atoms with Gasteiger partial charge in [0.1, 0.15) is 4.90 Å². The number of amides is 1. The van der Waals surface area contributed by atoms with Crippen molar-refractivity contribution in [1.29, 1.82) is 0 Å². The number of benzene rings is 2. The summed E-state index contributed by atoms with van der Waals surface area (Å²) in [7, 11) is -2.35. The largest absolute Gasteiger partial charge is 0.416 e. The monoisotopic (exact) mass is 496 g/mol. The fourth-order valence-electron chi connectivity index (χ4n) is 3.90. The van der Waals surface area contributed by atoms with E-state index in [-0.39, 0.29) is 29.4 Å². The molecule has 1 fully saturated rings. The van der Waals surface area contributed by atoms with E-state index in [0.717, 1.165) is 6.07 Å². The average molecular weight is 497 g/mol. The van der Waals surface area contributed by atoms with Gasteiger partial charge in [0.05, 0.1) is 25.3 Å². The standard InChI is InChI=1S/C22H23F3N4O4S/c1-28(21-17-4-2-3-5-19(17)34(31,32)27-21)14-20(30)26-13-15-6-7-16(12-18(15)22(23,24)25)29-8-10-33-11-9-29/h2-7,12H,8-11,13-14H2,1H3,(H,26,30). The minimum Gasteiger partial charge on any atom is -0.378 e. The first-order valence-corrected chi connectivity index (χ1v) is 12.0. The summed E-state index contributed by atoms with van der Waals surface area (Å²) >= 11 is 0. The van der Waals surface area contributed by atoms with Crippen molar-refractivity contribution >= 4 is 27.5 Å².